The minimum Gasteiger partial charge on any atom is -0.495 e. The number of carboxylic acids is 1. The number of aliphatic carboxylic acids is 1. The van der Waals surface area contributed by atoms with Crippen LogP contribution in [0.1, 0.15) is 16.8 Å². The van der Waals surface area contributed by atoms with Gasteiger partial charge in [-0.3, -0.25) is 9.59 Å². The molecular weight excluding hydrogens is 324 g/mol. The molecule has 9 heteroatoms. The molecular formula is C14H18N2O6S. The molecule has 1 aromatic rings. The van der Waals surface area contributed by atoms with Crippen molar-refractivity contribution < 1.29 is 27.9 Å². The van der Waals surface area contributed by atoms with Crippen LogP contribution in [-0.2, 0) is 14.8 Å². The summed E-state index contributed by atoms with van der Waals surface area (Å²) < 4.78 is 31.2. The van der Waals surface area contributed by atoms with Crippen LogP contribution in [-0.4, -0.2) is 57.5 Å². The first-order chi connectivity index (χ1) is 10.8. The van der Waals surface area contributed by atoms with E-state index in [0.717, 1.165) is 0 Å². The summed E-state index contributed by atoms with van der Waals surface area (Å²) in [6, 6.07) is 4.10. The molecule has 1 aliphatic heterocycles. The number of carbonyl (C=O) groups excluding carboxylic acids is 1. The van der Waals surface area contributed by atoms with E-state index in [1.54, 1.807) is 0 Å². The summed E-state index contributed by atoms with van der Waals surface area (Å²) in [7, 11) is -1.18. The van der Waals surface area contributed by atoms with E-state index in [4.69, 9.17) is 9.84 Å². The van der Waals surface area contributed by atoms with Crippen molar-refractivity contribution in [3.05, 3.63) is 23.8 Å². The maximum Gasteiger partial charge on any atom is 0.308 e. The van der Waals surface area contributed by atoms with Crippen molar-refractivity contribution in [3.63, 3.8) is 0 Å². The van der Waals surface area contributed by atoms with Gasteiger partial charge in [-0.05, 0) is 31.7 Å². The molecule has 23 heavy (non-hydrogen) atoms. The summed E-state index contributed by atoms with van der Waals surface area (Å²) in [6.07, 6.45) is 0.388. The molecule has 1 amide bonds. The number of rotatable bonds is 5. The molecule has 1 unspecified atom stereocenters. The van der Waals surface area contributed by atoms with Crippen LogP contribution in [0.2, 0.25) is 0 Å². The number of methoxy groups -OCH3 is 1. The third-order valence-corrected chi connectivity index (χ3v) is 5.23. The quantitative estimate of drug-likeness (QED) is 0.787. The van der Waals surface area contributed by atoms with Crippen LogP contribution >= 0.6 is 0 Å². The van der Waals surface area contributed by atoms with Gasteiger partial charge < -0.3 is 14.7 Å². The highest BCUT2D eigenvalue weighted by Gasteiger charge is 2.32. The van der Waals surface area contributed by atoms with Crippen LogP contribution < -0.4 is 9.46 Å². The Labute approximate surface area is 134 Å². The van der Waals surface area contributed by atoms with Crippen molar-refractivity contribution in [2.45, 2.75) is 11.3 Å². The smallest absolute Gasteiger partial charge is 0.308 e. The first kappa shape index (κ1) is 17.2. The average Bonchev–Trinajstić information content (AvgIpc) is 3.03. The number of carbonyl (C=O) groups is 2. The predicted octanol–water partition coefficient (Wildman–Crippen LogP) is 0.150. The fourth-order valence-corrected chi connectivity index (χ4v) is 3.38. The predicted molar refractivity (Wildman–Crippen MR) is 80.9 cm³/mol. The lowest BCUT2D eigenvalue weighted by Crippen LogP contribution is -2.30. The monoisotopic (exact) mass is 342 g/mol. The van der Waals surface area contributed by atoms with E-state index < -0.39 is 27.8 Å². The van der Waals surface area contributed by atoms with E-state index in [1.165, 1.54) is 37.3 Å². The molecule has 1 atom stereocenters. The number of carboxylic acid groups (broad SMARTS) is 1. The van der Waals surface area contributed by atoms with E-state index in [2.05, 4.69) is 4.72 Å². The van der Waals surface area contributed by atoms with E-state index in [1.807, 2.05) is 0 Å². The van der Waals surface area contributed by atoms with Crippen LogP contribution in [0.25, 0.3) is 0 Å². The molecule has 0 radical (unpaired) electrons. The highest BCUT2D eigenvalue weighted by Crippen LogP contribution is 2.26. The van der Waals surface area contributed by atoms with Crippen molar-refractivity contribution in [1.82, 2.24) is 9.62 Å². The number of benzene rings is 1. The van der Waals surface area contributed by atoms with Gasteiger partial charge in [0.05, 0.1) is 13.0 Å². The van der Waals surface area contributed by atoms with Crippen LogP contribution in [0.3, 0.4) is 0 Å². The molecule has 1 saturated heterocycles. The first-order valence-corrected chi connectivity index (χ1v) is 8.42. The third kappa shape index (κ3) is 3.45. The van der Waals surface area contributed by atoms with Gasteiger partial charge in [0.25, 0.3) is 5.91 Å². The van der Waals surface area contributed by atoms with Gasteiger partial charge in [-0.1, -0.05) is 0 Å². The molecule has 0 aliphatic carbocycles. The number of amides is 1. The van der Waals surface area contributed by atoms with Crippen LogP contribution in [0, 0.1) is 5.92 Å². The number of hydrogen-bond acceptors (Lipinski definition) is 5. The van der Waals surface area contributed by atoms with Gasteiger partial charge >= 0.3 is 5.97 Å². The second kappa shape index (κ2) is 6.55. The van der Waals surface area contributed by atoms with E-state index >= 15 is 0 Å². The van der Waals surface area contributed by atoms with E-state index in [9.17, 15) is 18.0 Å². The van der Waals surface area contributed by atoms with Gasteiger partial charge in [0.2, 0.25) is 10.0 Å². The van der Waals surface area contributed by atoms with Crippen LogP contribution in [0.15, 0.2) is 23.1 Å². The Bertz CT molecular complexity index is 731. The Morgan fingerprint density at radius 1 is 1.39 bits per heavy atom. The second-order valence-corrected chi connectivity index (χ2v) is 7.00. The molecule has 0 aromatic heterocycles. The average molecular weight is 342 g/mol. The van der Waals surface area contributed by atoms with E-state index in [-0.39, 0.29) is 22.8 Å². The summed E-state index contributed by atoms with van der Waals surface area (Å²) in [4.78, 5) is 24.7. The van der Waals surface area contributed by atoms with Crippen molar-refractivity contribution in [1.29, 1.82) is 0 Å². The van der Waals surface area contributed by atoms with Crippen molar-refractivity contribution in [2.24, 2.45) is 5.92 Å². The number of ether oxygens (including phenoxy) is 1. The lowest BCUT2D eigenvalue weighted by Gasteiger charge is -2.17. The minimum atomic E-state index is -3.78. The Balaban J connectivity index is 2.32. The largest absolute Gasteiger partial charge is 0.495 e. The summed E-state index contributed by atoms with van der Waals surface area (Å²) in [5.41, 5.74) is 0.172. The Kier molecular flexibility index (Phi) is 4.90. The fourth-order valence-electron chi connectivity index (χ4n) is 2.46. The van der Waals surface area contributed by atoms with Crippen LogP contribution in [0.5, 0.6) is 5.75 Å². The van der Waals surface area contributed by atoms with Gasteiger partial charge in [-0.2, -0.15) is 0 Å². The maximum absolute atomic E-state index is 12.5. The molecule has 2 N–H and O–H groups in total. The maximum atomic E-state index is 12.5. The fraction of sp³-hybridized carbons (Fsp3) is 0.429. The number of hydrogen-bond donors (Lipinski definition) is 2. The van der Waals surface area contributed by atoms with Crippen LogP contribution in [0.4, 0.5) is 0 Å². The SMILES string of the molecule is CNS(=O)(=O)c1cc(C(=O)N2CCC(C(=O)O)C2)ccc1OC. The number of sulfonamides is 1. The Morgan fingerprint density at radius 2 is 2.09 bits per heavy atom. The Morgan fingerprint density at radius 3 is 2.61 bits per heavy atom. The van der Waals surface area contributed by atoms with Gasteiger partial charge in [0.1, 0.15) is 10.6 Å². The highest BCUT2D eigenvalue weighted by molar-refractivity contribution is 7.89. The standard InChI is InChI=1S/C14H18N2O6S/c1-15-23(20,21)12-7-9(3-4-11(12)22-2)13(17)16-6-5-10(8-16)14(18)19/h3-4,7,10,15H,5-6,8H2,1-2H3,(H,18,19). The van der Waals surface area contributed by atoms with Gasteiger partial charge in [0, 0.05) is 18.7 Å². The van der Waals surface area contributed by atoms with Crippen molar-refractivity contribution >= 4 is 21.9 Å². The molecule has 126 valence electrons. The zero-order valence-electron chi connectivity index (χ0n) is 12.8. The molecule has 2 rings (SSSR count). The molecule has 8 nitrogen and oxygen atoms in total. The van der Waals surface area contributed by atoms with Gasteiger partial charge in [-0.15, -0.1) is 0 Å². The molecule has 0 bridgehead atoms. The van der Waals surface area contributed by atoms with Gasteiger partial charge in [0.15, 0.2) is 0 Å². The lowest BCUT2D eigenvalue weighted by atomic mass is 10.1. The summed E-state index contributed by atoms with van der Waals surface area (Å²) >= 11 is 0. The normalized spacial score (nSPS) is 18.0. The molecule has 1 heterocycles. The lowest BCUT2D eigenvalue weighted by molar-refractivity contribution is -0.141. The number of likely N-dealkylation sites (tertiary alicyclic amines) is 1. The zero-order valence-corrected chi connectivity index (χ0v) is 13.6. The summed E-state index contributed by atoms with van der Waals surface area (Å²) in [5.74, 6) is -1.80. The summed E-state index contributed by atoms with van der Waals surface area (Å²) in [6.45, 7) is 0.449. The first-order valence-electron chi connectivity index (χ1n) is 6.94. The van der Waals surface area contributed by atoms with Gasteiger partial charge in [-0.25, -0.2) is 13.1 Å². The van der Waals surface area contributed by atoms with Crippen molar-refractivity contribution in [2.75, 3.05) is 27.2 Å². The highest BCUT2D eigenvalue weighted by atomic mass is 32.2. The molecule has 0 saturated carbocycles. The third-order valence-electron chi connectivity index (χ3n) is 3.79. The molecule has 0 spiro atoms. The second-order valence-electron chi connectivity index (χ2n) is 5.15. The molecule has 1 fully saturated rings. The van der Waals surface area contributed by atoms with E-state index in [0.29, 0.717) is 13.0 Å². The number of nitrogens with zero attached hydrogens (tertiary/aromatic N) is 1. The van der Waals surface area contributed by atoms with Crippen molar-refractivity contribution in [3.8, 4) is 5.75 Å². The molecule has 1 aliphatic rings. The Hall–Kier alpha value is -2.13. The topological polar surface area (TPSA) is 113 Å². The molecule has 1 aromatic carbocycles. The zero-order chi connectivity index (χ0) is 17.2. The number of nitrogens with one attached hydrogen (secondary N) is 1. The minimum absolute atomic E-state index is 0.119. The summed E-state index contributed by atoms with van der Waals surface area (Å²) in [5, 5.41) is 8.99.